The first-order valence-corrected chi connectivity index (χ1v) is 29.2. The number of aliphatic hydroxyl groups excluding tert-OH is 8. The smallest absolute Gasteiger partial charge is 0.220 e. The lowest BCUT2D eigenvalue weighted by Gasteiger charge is -2.46. The van der Waals surface area contributed by atoms with E-state index in [9.17, 15) is 45.6 Å². The molecule has 1 amide bonds. The van der Waals surface area contributed by atoms with Crippen LogP contribution in [0.4, 0.5) is 0 Å². The van der Waals surface area contributed by atoms with Crippen LogP contribution in [0.3, 0.4) is 0 Å². The molecule has 2 aliphatic heterocycles. The maximum absolute atomic E-state index is 13.2. The van der Waals surface area contributed by atoms with Gasteiger partial charge in [0, 0.05) is 6.42 Å². The fourth-order valence-corrected chi connectivity index (χ4v) is 9.16. The molecule has 14 heteroatoms. The lowest BCUT2D eigenvalue weighted by atomic mass is 9.97. The summed E-state index contributed by atoms with van der Waals surface area (Å²) in [5.41, 5.74) is 0. The molecule has 74 heavy (non-hydrogen) atoms. The Kier molecular flexibility index (Phi) is 41.5. The van der Waals surface area contributed by atoms with Crippen molar-refractivity contribution in [3.05, 3.63) is 72.9 Å². The van der Waals surface area contributed by atoms with Gasteiger partial charge in [-0.2, -0.15) is 0 Å². The molecule has 12 unspecified atom stereocenters. The van der Waals surface area contributed by atoms with Gasteiger partial charge in [0.25, 0.3) is 0 Å². The maximum atomic E-state index is 13.2. The van der Waals surface area contributed by atoms with Crippen molar-refractivity contribution in [2.45, 2.75) is 280 Å². The van der Waals surface area contributed by atoms with Gasteiger partial charge in [0.1, 0.15) is 48.8 Å². The third-order valence-corrected chi connectivity index (χ3v) is 13.9. The molecule has 0 radical (unpaired) electrons. The molecule has 2 fully saturated rings. The zero-order valence-electron chi connectivity index (χ0n) is 45.8. The summed E-state index contributed by atoms with van der Waals surface area (Å²) in [5, 5.41) is 87.0. The van der Waals surface area contributed by atoms with Crippen molar-refractivity contribution in [1.82, 2.24) is 5.32 Å². The van der Waals surface area contributed by atoms with E-state index in [-0.39, 0.29) is 18.9 Å². The third-order valence-electron chi connectivity index (χ3n) is 13.9. The maximum Gasteiger partial charge on any atom is 0.220 e. The number of nitrogens with one attached hydrogen (secondary N) is 1. The number of aliphatic hydroxyl groups is 8. The summed E-state index contributed by atoms with van der Waals surface area (Å²) in [7, 11) is 0. The van der Waals surface area contributed by atoms with Gasteiger partial charge in [0.2, 0.25) is 5.91 Å². The molecule has 12 atom stereocenters. The second kappa shape index (κ2) is 45.4. The highest BCUT2D eigenvalue weighted by molar-refractivity contribution is 5.76. The molecule has 0 spiro atoms. The van der Waals surface area contributed by atoms with E-state index in [1.165, 1.54) is 89.9 Å². The summed E-state index contributed by atoms with van der Waals surface area (Å²) in [6, 6.07) is -0.947. The van der Waals surface area contributed by atoms with Crippen LogP contribution in [-0.4, -0.2) is 140 Å². The molecule has 428 valence electrons. The predicted molar refractivity (Wildman–Crippen MR) is 295 cm³/mol. The monoisotopic (exact) mass is 1050 g/mol. The van der Waals surface area contributed by atoms with Crippen LogP contribution in [0.5, 0.6) is 0 Å². The standard InChI is InChI=1S/C60H105NO13/c1-3-5-7-9-11-13-15-17-19-21-22-23-24-25-26-28-29-31-33-35-37-39-41-43-49(64)48(61-52(65)44-42-40-38-36-34-32-30-27-20-18-16-14-12-10-8-6-4-2)47-71-59-57(70)55(68)58(51(46-63)73-59)74-60-56(69)54(67)53(66)50(45-62)72-60/h6,8,12,14,18,20,26,28,33,35,41,43,48-51,53-60,62-64,66-70H,3-5,7,9-11,13,15-17,19,21-25,27,29-32,34,36-40,42,44-47H2,1-2H3,(H,61,65)/b8-6-,14-12-,20-18-,28-26+,35-33+,43-41+. The molecule has 2 heterocycles. The summed E-state index contributed by atoms with van der Waals surface area (Å²) in [4.78, 5) is 13.2. The minimum Gasteiger partial charge on any atom is -0.394 e. The molecular formula is C60H105NO13. The van der Waals surface area contributed by atoms with Crippen LogP contribution < -0.4 is 5.32 Å². The van der Waals surface area contributed by atoms with E-state index in [2.05, 4.69) is 79.9 Å². The zero-order valence-corrected chi connectivity index (χ0v) is 45.8. The molecule has 2 saturated heterocycles. The molecule has 0 aromatic heterocycles. The summed E-state index contributed by atoms with van der Waals surface area (Å²) in [5.74, 6) is -0.266. The molecule has 0 aromatic carbocycles. The van der Waals surface area contributed by atoms with Crippen molar-refractivity contribution in [2.75, 3.05) is 19.8 Å². The number of hydrogen-bond donors (Lipinski definition) is 9. The Labute approximate surface area is 447 Å². The van der Waals surface area contributed by atoms with Gasteiger partial charge in [0.05, 0.1) is 32.0 Å². The first kappa shape index (κ1) is 67.5. The highest BCUT2D eigenvalue weighted by Crippen LogP contribution is 2.30. The Hall–Kier alpha value is -2.57. The molecular weight excluding hydrogens is 943 g/mol. The molecule has 9 N–H and O–H groups in total. The number of ether oxygens (including phenoxy) is 4. The van der Waals surface area contributed by atoms with Crippen molar-refractivity contribution >= 4 is 5.91 Å². The number of rotatable bonds is 45. The number of amides is 1. The Morgan fingerprint density at radius 1 is 0.500 bits per heavy atom. The van der Waals surface area contributed by atoms with Crippen LogP contribution in [0.1, 0.15) is 206 Å². The van der Waals surface area contributed by atoms with E-state index in [1.54, 1.807) is 6.08 Å². The summed E-state index contributed by atoms with van der Waals surface area (Å²) < 4.78 is 22.7. The van der Waals surface area contributed by atoms with Crippen LogP contribution >= 0.6 is 0 Å². The molecule has 0 bridgehead atoms. The fourth-order valence-electron chi connectivity index (χ4n) is 9.16. The molecule has 2 rings (SSSR count). The van der Waals surface area contributed by atoms with Gasteiger partial charge in [-0.1, -0.05) is 196 Å². The van der Waals surface area contributed by atoms with Crippen molar-refractivity contribution in [3.8, 4) is 0 Å². The molecule has 0 saturated carbocycles. The lowest BCUT2D eigenvalue weighted by Crippen LogP contribution is -2.65. The first-order chi connectivity index (χ1) is 36.1. The van der Waals surface area contributed by atoms with E-state index >= 15 is 0 Å². The van der Waals surface area contributed by atoms with Crippen LogP contribution in [0.15, 0.2) is 72.9 Å². The van der Waals surface area contributed by atoms with Crippen LogP contribution in [-0.2, 0) is 23.7 Å². The number of hydrogen-bond acceptors (Lipinski definition) is 13. The highest BCUT2D eigenvalue weighted by Gasteiger charge is 2.51. The molecule has 0 aliphatic carbocycles. The van der Waals surface area contributed by atoms with Crippen molar-refractivity contribution in [3.63, 3.8) is 0 Å². The van der Waals surface area contributed by atoms with Gasteiger partial charge in [-0.05, 0) is 77.0 Å². The summed E-state index contributed by atoms with van der Waals surface area (Å²) in [6.45, 7) is 2.65. The van der Waals surface area contributed by atoms with E-state index in [0.717, 1.165) is 83.5 Å². The SMILES string of the molecule is CC/C=C\C/C=C\C/C=C\CCCCCCCCCC(=O)NC(COC1OC(CO)C(OC2OC(CO)C(O)C(O)C2O)C(O)C1O)C(O)/C=C/CC/C=C/CC/C=C/CCCCCCCCCCCCCCC. The first-order valence-electron chi connectivity index (χ1n) is 29.2. The lowest BCUT2D eigenvalue weighted by molar-refractivity contribution is -0.359. The van der Waals surface area contributed by atoms with Gasteiger partial charge in [-0.25, -0.2) is 0 Å². The van der Waals surface area contributed by atoms with Gasteiger partial charge < -0.3 is 65.1 Å². The fraction of sp³-hybridized carbons (Fsp3) is 0.783. The normalized spacial score (nSPS) is 25.8. The third kappa shape index (κ3) is 31.0. The van der Waals surface area contributed by atoms with Crippen LogP contribution in [0.25, 0.3) is 0 Å². The number of unbranched alkanes of at least 4 members (excludes halogenated alkanes) is 22. The number of carbonyl (C=O) groups is 1. The molecule has 14 nitrogen and oxygen atoms in total. The second-order valence-electron chi connectivity index (χ2n) is 20.4. The Balaban J connectivity index is 1.81. The average Bonchev–Trinajstić information content (AvgIpc) is 3.40. The Morgan fingerprint density at radius 2 is 0.946 bits per heavy atom. The largest absolute Gasteiger partial charge is 0.394 e. The predicted octanol–water partition coefficient (Wildman–Crippen LogP) is 9.55. The number of allylic oxidation sites excluding steroid dienone is 11. The summed E-state index contributed by atoms with van der Waals surface area (Å²) in [6.07, 6.45) is 42.3. The Bertz CT molecular complexity index is 1520. The van der Waals surface area contributed by atoms with Crippen LogP contribution in [0, 0.1) is 0 Å². The van der Waals surface area contributed by atoms with E-state index in [0.29, 0.717) is 12.8 Å². The quantitative estimate of drug-likeness (QED) is 0.0205. The molecule has 2 aliphatic rings. The highest BCUT2D eigenvalue weighted by atomic mass is 16.7. The topological polar surface area (TPSA) is 228 Å². The molecule has 0 aromatic rings. The second-order valence-corrected chi connectivity index (χ2v) is 20.4. The van der Waals surface area contributed by atoms with E-state index in [4.69, 9.17) is 18.9 Å². The van der Waals surface area contributed by atoms with E-state index < -0.39 is 86.8 Å². The Morgan fingerprint density at radius 3 is 1.49 bits per heavy atom. The van der Waals surface area contributed by atoms with Gasteiger partial charge >= 0.3 is 0 Å². The van der Waals surface area contributed by atoms with Gasteiger partial charge in [0.15, 0.2) is 12.6 Å². The van der Waals surface area contributed by atoms with Crippen molar-refractivity contribution in [1.29, 1.82) is 0 Å². The van der Waals surface area contributed by atoms with Crippen LogP contribution in [0.2, 0.25) is 0 Å². The van der Waals surface area contributed by atoms with Gasteiger partial charge in [-0.3, -0.25) is 4.79 Å². The van der Waals surface area contributed by atoms with Crippen molar-refractivity contribution < 1.29 is 64.6 Å². The summed E-state index contributed by atoms with van der Waals surface area (Å²) >= 11 is 0. The minimum atomic E-state index is -1.80. The zero-order chi connectivity index (χ0) is 53.9. The number of carbonyl (C=O) groups excluding carboxylic acids is 1. The van der Waals surface area contributed by atoms with Crippen molar-refractivity contribution in [2.24, 2.45) is 0 Å². The minimum absolute atomic E-state index is 0.255. The van der Waals surface area contributed by atoms with E-state index in [1.807, 2.05) is 6.08 Å². The average molecular weight is 1050 g/mol. The van der Waals surface area contributed by atoms with Gasteiger partial charge in [-0.15, -0.1) is 0 Å².